The lowest BCUT2D eigenvalue weighted by atomic mass is 9.73. The summed E-state index contributed by atoms with van der Waals surface area (Å²) in [7, 11) is 16.7. The van der Waals surface area contributed by atoms with Gasteiger partial charge in [0, 0.05) is 98.9 Å². The Kier molecular flexibility index (Phi) is 38.8. The highest BCUT2D eigenvalue weighted by Crippen LogP contribution is 2.49. The number of fused-ring (bicyclic) bond motifs is 24. The fraction of sp³-hybridized carbons (Fsp3) is 1.00. The fourth-order valence-electron chi connectivity index (χ4n) is 20.4. The Morgan fingerprint density at radius 1 is 0.144 bits per heavy atom. The van der Waals surface area contributed by atoms with Crippen LogP contribution in [0.2, 0.25) is 0 Å². The lowest BCUT2D eigenvalue weighted by Gasteiger charge is -2.43. The van der Waals surface area contributed by atoms with Gasteiger partial charge in [-0.15, -0.1) is 0 Å². The van der Waals surface area contributed by atoms with Gasteiger partial charge in [-0.1, -0.05) is 189 Å². The van der Waals surface area contributed by atoms with Gasteiger partial charge in [0.15, 0.2) is 0 Å². The van der Waals surface area contributed by atoms with Gasteiger partial charge in [-0.25, -0.2) is 0 Å². The molecule has 9 aliphatic heterocycles. The van der Waals surface area contributed by atoms with Crippen LogP contribution in [0.25, 0.3) is 0 Å². The summed E-state index contributed by atoms with van der Waals surface area (Å²) in [6, 6.07) is 0. The molecule has 0 aromatic heterocycles. The summed E-state index contributed by atoms with van der Waals surface area (Å²) in [6.45, 7) is 6.51. The SMILES string of the molecule is C1CCCSSCCCCCCOC2CC3C4NC(NC5NC(NC6NC(NC7NC(N4)C4CC8OCCCCCCSSCCCCCCOC8CC74)C4CC7OCCCCCCSSCCCCCCOC7CC64)C4CC6OCCCCCCSSCCCCCCOC6CC54)C3CC2OCC1. The summed E-state index contributed by atoms with van der Waals surface area (Å²) in [5, 5.41) is 36.3. The molecule has 104 heavy (non-hydrogen) atoms. The minimum atomic E-state index is 0.0611. The zero-order chi connectivity index (χ0) is 70.4. The maximum atomic E-state index is 7.25. The van der Waals surface area contributed by atoms with Crippen molar-refractivity contribution >= 4 is 86.4 Å². The van der Waals surface area contributed by atoms with Crippen molar-refractivity contribution in [1.82, 2.24) is 42.5 Å². The fourth-order valence-corrected chi connectivity index (χ4v) is 29.6. The first-order valence-electron chi connectivity index (χ1n) is 43.7. The Morgan fingerprint density at radius 2 is 0.260 bits per heavy atom. The van der Waals surface area contributed by atoms with Crippen LogP contribution in [0.1, 0.15) is 257 Å². The van der Waals surface area contributed by atoms with Crippen LogP contribution in [0.15, 0.2) is 0 Å². The minimum absolute atomic E-state index is 0.0611. The summed E-state index contributed by atoms with van der Waals surface area (Å²) >= 11 is 0. The Morgan fingerprint density at radius 3 is 0.385 bits per heavy atom. The van der Waals surface area contributed by atoms with Gasteiger partial charge in [0.2, 0.25) is 0 Å². The molecule has 0 spiro atoms. The van der Waals surface area contributed by atoms with E-state index in [2.05, 4.69) is 129 Å². The van der Waals surface area contributed by atoms with Crippen LogP contribution in [0.3, 0.4) is 0 Å². The topological polar surface area (TPSA) is 170 Å². The monoisotopic (exact) mass is 1600 g/mol. The number of nitrogens with one attached hydrogen (secondary N) is 8. The second kappa shape index (κ2) is 48.0. The molecule has 13 rings (SSSR count). The maximum Gasteiger partial charge on any atom is 0.0840 e. The van der Waals surface area contributed by atoms with Gasteiger partial charge in [-0.05, 0) is 201 Å². The van der Waals surface area contributed by atoms with Crippen molar-refractivity contribution in [3.05, 3.63) is 0 Å². The summed E-state index contributed by atoms with van der Waals surface area (Å²) in [4.78, 5) is 0. The van der Waals surface area contributed by atoms with Crippen molar-refractivity contribution in [1.29, 1.82) is 0 Å². The quantitative estimate of drug-likeness (QED) is 0.108. The van der Waals surface area contributed by atoms with Gasteiger partial charge in [0.05, 0.1) is 98.2 Å². The number of ether oxygens (including phenoxy) is 8. The van der Waals surface area contributed by atoms with Gasteiger partial charge >= 0.3 is 0 Å². The number of rotatable bonds is 0. The zero-order valence-electron chi connectivity index (χ0n) is 64.0. The molecule has 13 aliphatic rings. The molecule has 8 bridgehead atoms. The average molecular weight is 1600 g/mol. The normalized spacial score (nSPS) is 43.4. The first-order valence-corrected chi connectivity index (χ1v) is 53.6. The van der Waals surface area contributed by atoms with Crippen LogP contribution >= 0.6 is 86.4 Å². The van der Waals surface area contributed by atoms with E-state index in [-0.39, 0.29) is 98.2 Å². The van der Waals surface area contributed by atoms with Gasteiger partial charge in [0.1, 0.15) is 0 Å². The second-order valence-corrected chi connectivity index (χ2v) is 44.3. The van der Waals surface area contributed by atoms with E-state index in [9.17, 15) is 0 Å². The molecule has 0 radical (unpaired) electrons. The lowest BCUT2D eigenvalue weighted by Crippen LogP contribution is -2.61. The summed E-state index contributed by atoms with van der Waals surface area (Å²) in [5.74, 6) is 12.8. The molecule has 13 fully saturated rings. The van der Waals surface area contributed by atoms with Crippen LogP contribution in [-0.4, -0.2) is 197 Å². The predicted octanol–water partition coefficient (Wildman–Crippen LogP) is 16.6. The lowest BCUT2D eigenvalue weighted by molar-refractivity contribution is -0.123. The molecule has 16 unspecified atom stereocenters. The number of hydrogen-bond donors (Lipinski definition) is 8. The van der Waals surface area contributed by atoms with E-state index in [0.29, 0.717) is 47.3 Å². The van der Waals surface area contributed by atoms with E-state index in [1.165, 1.54) is 200 Å². The van der Waals surface area contributed by atoms with Crippen LogP contribution in [0.5, 0.6) is 0 Å². The van der Waals surface area contributed by atoms with E-state index in [1.807, 2.05) is 0 Å². The van der Waals surface area contributed by atoms with Crippen LogP contribution < -0.4 is 42.5 Å². The Balaban J connectivity index is 0.822. The molecule has 8 N–H and O–H groups in total. The standard InChI is InChI=1S/C80H144N8O8S8/c1-9-25-41-97-98-42-26-10-2-18-34-90-66-50-58-57(49-65(66)89-33-17-1)73-81-74(58)86-76-61-53-69-70(94-38-22-6-14-30-46-102-101-45-29-13-5-21-37-93-69)54-62(61)78(83-76)88-80-64-56-72-71(95-39-23-7-15-31-47-103-104-48-32-16-8-24-40-96-72)55-63(64)79(84-80)87-77-60-52-68-67(51-59(60)75(82-77)85-73)91-35-19-3-11-27-43-99-100-44-28-12-4-20-36-92-68/h57-88H,1-56H2. The minimum Gasteiger partial charge on any atom is -0.376 e. The molecule has 16 atom stereocenters. The molecule has 16 nitrogen and oxygen atoms in total. The highest BCUT2D eigenvalue weighted by atomic mass is 33.1. The number of hydrogen-bond acceptors (Lipinski definition) is 24. The van der Waals surface area contributed by atoms with E-state index in [4.69, 9.17) is 37.9 Å². The molecule has 0 amide bonds. The molecule has 4 aliphatic carbocycles. The van der Waals surface area contributed by atoms with Gasteiger partial charge in [-0.2, -0.15) is 0 Å². The van der Waals surface area contributed by atoms with Crippen molar-refractivity contribution in [2.24, 2.45) is 47.3 Å². The van der Waals surface area contributed by atoms with Gasteiger partial charge in [0.25, 0.3) is 0 Å². The smallest absolute Gasteiger partial charge is 0.0840 e. The van der Waals surface area contributed by atoms with Crippen LogP contribution in [-0.2, 0) is 37.9 Å². The molecule has 0 aromatic rings. The van der Waals surface area contributed by atoms with E-state index in [0.717, 1.165) is 156 Å². The Labute approximate surface area is 662 Å². The van der Waals surface area contributed by atoms with Gasteiger partial charge < -0.3 is 37.9 Å². The van der Waals surface area contributed by atoms with Crippen LogP contribution in [0.4, 0.5) is 0 Å². The first kappa shape index (κ1) is 84.1. The Bertz CT molecular complexity index is 1870. The highest BCUT2D eigenvalue weighted by Gasteiger charge is 2.60. The van der Waals surface area contributed by atoms with Crippen molar-refractivity contribution in [2.45, 2.75) is 355 Å². The predicted molar refractivity (Wildman–Crippen MR) is 446 cm³/mol. The first-order chi connectivity index (χ1) is 51.7. The van der Waals surface area contributed by atoms with Crippen molar-refractivity contribution in [3.8, 4) is 0 Å². The summed E-state index contributed by atoms with van der Waals surface area (Å²) < 4.78 is 58.0. The third-order valence-electron chi connectivity index (χ3n) is 26.2. The van der Waals surface area contributed by atoms with E-state index < -0.39 is 0 Å². The second-order valence-electron chi connectivity index (χ2n) is 33.5. The molecular weight excluding hydrogens is 1460 g/mol. The van der Waals surface area contributed by atoms with E-state index in [1.54, 1.807) is 0 Å². The van der Waals surface area contributed by atoms with Gasteiger partial charge in [-0.3, -0.25) is 42.5 Å². The third-order valence-corrected chi connectivity index (χ3v) is 36.5. The van der Waals surface area contributed by atoms with Crippen molar-refractivity contribution < 1.29 is 37.9 Å². The third kappa shape index (κ3) is 26.1. The molecule has 9 saturated heterocycles. The molecule has 9 heterocycles. The average Bonchev–Trinajstić information content (AvgIpc) is 1.59. The van der Waals surface area contributed by atoms with Crippen molar-refractivity contribution in [3.63, 3.8) is 0 Å². The molecular formula is C80H144N8O8S8. The summed E-state index contributed by atoms with van der Waals surface area (Å²) in [6.07, 6.45) is 48.4. The molecule has 600 valence electrons. The van der Waals surface area contributed by atoms with Crippen LogP contribution in [0, 0.1) is 47.3 Å². The highest BCUT2D eigenvalue weighted by molar-refractivity contribution is 8.77. The summed E-state index contributed by atoms with van der Waals surface area (Å²) in [5.41, 5.74) is 0. The largest absolute Gasteiger partial charge is 0.376 e. The molecule has 24 heteroatoms. The molecule has 4 saturated carbocycles. The maximum absolute atomic E-state index is 7.25. The molecule has 0 aromatic carbocycles. The van der Waals surface area contributed by atoms with E-state index >= 15 is 0 Å². The zero-order valence-corrected chi connectivity index (χ0v) is 70.5. The Hall–Kier alpha value is 2.16. The van der Waals surface area contributed by atoms with Crippen molar-refractivity contribution in [2.75, 3.05) is 98.9 Å².